The van der Waals surface area contributed by atoms with Crippen LogP contribution in [0.1, 0.15) is 20.3 Å². The van der Waals surface area contributed by atoms with E-state index >= 15 is 0 Å². The molecule has 3 amide bonds. The summed E-state index contributed by atoms with van der Waals surface area (Å²) in [4.78, 5) is 25.5. The number of carbonyl (C=O) groups excluding carboxylic acids is 2. The number of nitrogens with zero attached hydrogens (tertiary/aromatic N) is 2. The first-order chi connectivity index (χ1) is 14.9. The van der Waals surface area contributed by atoms with Crippen LogP contribution in [-0.4, -0.2) is 28.2 Å². The minimum absolute atomic E-state index is 0.0811. The molecule has 0 spiro atoms. The number of benzene rings is 2. The minimum atomic E-state index is -0.731. The number of aromatic nitrogens is 2. The zero-order chi connectivity index (χ0) is 22.4. The van der Waals surface area contributed by atoms with Gasteiger partial charge in [0, 0.05) is 14.5 Å². The summed E-state index contributed by atoms with van der Waals surface area (Å²) in [5.41, 5.74) is 1.52. The number of anilines is 2. The molecule has 3 rings (SSSR count). The van der Waals surface area contributed by atoms with Crippen LogP contribution in [0.5, 0.6) is 0 Å². The lowest BCUT2D eigenvalue weighted by atomic mass is 9.98. The van der Waals surface area contributed by atoms with E-state index in [-0.39, 0.29) is 11.8 Å². The maximum absolute atomic E-state index is 12.9. The van der Waals surface area contributed by atoms with Crippen molar-refractivity contribution in [3.8, 4) is 10.6 Å². The molecule has 0 aliphatic carbocycles. The second-order valence-electron chi connectivity index (χ2n) is 6.85. The second-order valence-corrected chi connectivity index (χ2v) is 9.60. The summed E-state index contributed by atoms with van der Waals surface area (Å²) in [6.45, 7) is 3.88. The molecule has 1 heterocycles. The number of urea groups is 1. The monoisotopic (exact) mass is 565 g/mol. The number of para-hydroxylation sites is 1. The van der Waals surface area contributed by atoms with E-state index in [1.54, 1.807) is 6.07 Å². The fourth-order valence-electron chi connectivity index (χ4n) is 2.76. The van der Waals surface area contributed by atoms with E-state index in [1.807, 2.05) is 56.3 Å². The molecule has 0 unspecified atom stereocenters. The highest BCUT2D eigenvalue weighted by molar-refractivity contribution is 9.10. The van der Waals surface area contributed by atoms with E-state index in [9.17, 15) is 9.59 Å². The minimum Gasteiger partial charge on any atom is -0.326 e. The Balaban J connectivity index is 1.69. The van der Waals surface area contributed by atoms with Crippen molar-refractivity contribution in [3.63, 3.8) is 0 Å². The molecule has 7 nitrogen and oxygen atoms in total. The van der Waals surface area contributed by atoms with Gasteiger partial charge in [0.15, 0.2) is 0 Å². The molecule has 0 saturated carbocycles. The van der Waals surface area contributed by atoms with Crippen LogP contribution < -0.4 is 16.0 Å². The van der Waals surface area contributed by atoms with E-state index in [2.05, 4.69) is 58.0 Å². The summed E-state index contributed by atoms with van der Waals surface area (Å²) in [5.74, 6) is -0.420. The third-order valence-electron chi connectivity index (χ3n) is 4.63. The summed E-state index contributed by atoms with van der Waals surface area (Å²) in [7, 11) is 0. The molecule has 3 N–H and O–H groups in total. The Hall–Kier alpha value is -2.30. The Morgan fingerprint density at radius 2 is 1.84 bits per heavy atom. The molecule has 1 aromatic heterocycles. The standard InChI is InChI=1S/C21H21Br2N5O2S/c1-3-12(2)17(25-20(30)24-16-10-5-4-9-15(16)23)18(29)26-21-28-27-19(31-21)13-7-6-8-14(22)11-13/h4-12,17H,3H2,1-2H3,(H2,24,25,30)(H,26,28,29)/t12-,17-/m0/s1. The van der Waals surface area contributed by atoms with E-state index in [0.29, 0.717) is 22.2 Å². The molecule has 3 aromatic rings. The highest BCUT2D eigenvalue weighted by atomic mass is 79.9. The maximum atomic E-state index is 12.9. The number of rotatable bonds is 7. The smallest absolute Gasteiger partial charge is 0.319 e. The molecule has 0 aliphatic rings. The largest absolute Gasteiger partial charge is 0.326 e. The molecule has 2 aromatic carbocycles. The van der Waals surface area contributed by atoms with Crippen molar-refractivity contribution in [2.75, 3.05) is 10.6 Å². The van der Waals surface area contributed by atoms with Crippen LogP contribution in [0.15, 0.2) is 57.5 Å². The fourth-order valence-corrected chi connectivity index (χ4v) is 4.29. The van der Waals surface area contributed by atoms with Gasteiger partial charge >= 0.3 is 6.03 Å². The van der Waals surface area contributed by atoms with Crippen LogP contribution in [0.3, 0.4) is 0 Å². The van der Waals surface area contributed by atoms with Crippen LogP contribution in [0, 0.1) is 5.92 Å². The molecule has 0 bridgehead atoms. The Morgan fingerprint density at radius 1 is 1.06 bits per heavy atom. The Bertz CT molecular complexity index is 1080. The van der Waals surface area contributed by atoms with Gasteiger partial charge in [0.2, 0.25) is 11.0 Å². The van der Waals surface area contributed by atoms with Gasteiger partial charge in [-0.1, -0.05) is 71.8 Å². The summed E-state index contributed by atoms with van der Waals surface area (Å²) in [5, 5.41) is 17.6. The van der Waals surface area contributed by atoms with Gasteiger partial charge in [0.25, 0.3) is 0 Å². The van der Waals surface area contributed by atoms with E-state index in [4.69, 9.17) is 0 Å². The summed E-state index contributed by atoms with van der Waals surface area (Å²) >= 11 is 8.11. The Morgan fingerprint density at radius 3 is 2.55 bits per heavy atom. The first-order valence-electron chi connectivity index (χ1n) is 9.59. The Kier molecular flexibility index (Phi) is 8.16. The van der Waals surface area contributed by atoms with Crippen molar-refractivity contribution in [3.05, 3.63) is 57.5 Å². The summed E-state index contributed by atoms with van der Waals surface area (Å²) in [6.07, 6.45) is 0.715. The molecule has 2 atom stereocenters. The lowest BCUT2D eigenvalue weighted by molar-refractivity contribution is -0.119. The third kappa shape index (κ3) is 6.34. The zero-order valence-electron chi connectivity index (χ0n) is 16.9. The predicted octanol–water partition coefficient (Wildman–Crippen LogP) is 5.91. The van der Waals surface area contributed by atoms with Crippen LogP contribution >= 0.6 is 43.2 Å². The van der Waals surface area contributed by atoms with Gasteiger partial charge < -0.3 is 10.6 Å². The van der Waals surface area contributed by atoms with Crippen molar-refractivity contribution in [1.29, 1.82) is 0 Å². The van der Waals surface area contributed by atoms with E-state index in [0.717, 1.165) is 14.5 Å². The van der Waals surface area contributed by atoms with Crippen LogP contribution in [0.25, 0.3) is 10.6 Å². The van der Waals surface area contributed by atoms with Crippen LogP contribution in [-0.2, 0) is 4.79 Å². The lowest BCUT2D eigenvalue weighted by Gasteiger charge is -2.23. The number of hydrogen-bond donors (Lipinski definition) is 3. The van der Waals surface area contributed by atoms with Crippen molar-refractivity contribution >= 4 is 66.0 Å². The molecular weight excluding hydrogens is 546 g/mol. The van der Waals surface area contributed by atoms with Gasteiger partial charge in [-0.2, -0.15) is 0 Å². The molecule has 162 valence electrons. The zero-order valence-corrected chi connectivity index (χ0v) is 20.8. The van der Waals surface area contributed by atoms with E-state index < -0.39 is 12.1 Å². The van der Waals surface area contributed by atoms with Crippen LogP contribution in [0.2, 0.25) is 0 Å². The number of carbonyl (C=O) groups is 2. The molecule has 31 heavy (non-hydrogen) atoms. The summed E-state index contributed by atoms with van der Waals surface area (Å²) < 4.78 is 1.69. The highest BCUT2D eigenvalue weighted by Crippen LogP contribution is 2.28. The fraction of sp³-hybridized carbons (Fsp3) is 0.238. The first kappa shape index (κ1) is 23.4. The lowest BCUT2D eigenvalue weighted by Crippen LogP contribution is -2.49. The average molecular weight is 567 g/mol. The molecule has 10 heteroatoms. The number of amides is 3. The number of nitrogens with one attached hydrogen (secondary N) is 3. The first-order valence-corrected chi connectivity index (χ1v) is 12.0. The van der Waals surface area contributed by atoms with Crippen molar-refractivity contribution in [2.24, 2.45) is 5.92 Å². The topological polar surface area (TPSA) is 96.0 Å². The normalized spacial score (nSPS) is 12.6. The molecular formula is C21H21Br2N5O2S. The summed E-state index contributed by atoms with van der Waals surface area (Å²) in [6, 6.07) is 13.8. The average Bonchev–Trinajstić information content (AvgIpc) is 3.21. The molecule has 0 fully saturated rings. The third-order valence-corrected chi connectivity index (χ3v) is 6.70. The van der Waals surface area contributed by atoms with Crippen molar-refractivity contribution in [1.82, 2.24) is 15.5 Å². The Labute approximate surface area is 201 Å². The van der Waals surface area contributed by atoms with Crippen molar-refractivity contribution < 1.29 is 9.59 Å². The quantitative estimate of drug-likeness (QED) is 0.331. The molecule has 0 aliphatic heterocycles. The van der Waals surface area contributed by atoms with Gasteiger partial charge in [0.1, 0.15) is 11.0 Å². The van der Waals surface area contributed by atoms with Gasteiger partial charge in [0.05, 0.1) is 5.69 Å². The maximum Gasteiger partial charge on any atom is 0.319 e. The molecule has 0 saturated heterocycles. The molecule has 0 radical (unpaired) electrons. The van der Waals surface area contributed by atoms with Gasteiger partial charge in [-0.05, 0) is 46.1 Å². The number of hydrogen-bond acceptors (Lipinski definition) is 5. The SMILES string of the molecule is CC[C@H](C)[C@H](NC(=O)Nc1ccccc1Br)C(=O)Nc1nnc(-c2cccc(Br)c2)s1. The van der Waals surface area contributed by atoms with Gasteiger partial charge in [-0.3, -0.25) is 10.1 Å². The highest BCUT2D eigenvalue weighted by Gasteiger charge is 2.27. The van der Waals surface area contributed by atoms with Gasteiger partial charge in [-0.15, -0.1) is 10.2 Å². The number of halogens is 2. The second kappa shape index (κ2) is 10.8. The van der Waals surface area contributed by atoms with Crippen molar-refractivity contribution in [2.45, 2.75) is 26.3 Å². The van der Waals surface area contributed by atoms with E-state index in [1.165, 1.54) is 11.3 Å². The predicted molar refractivity (Wildman–Crippen MR) is 131 cm³/mol. The van der Waals surface area contributed by atoms with Gasteiger partial charge in [-0.25, -0.2) is 4.79 Å². The van der Waals surface area contributed by atoms with Crippen LogP contribution in [0.4, 0.5) is 15.6 Å².